The highest BCUT2D eigenvalue weighted by Gasteiger charge is 2.24. The maximum atomic E-state index is 13.5. The fraction of sp³-hybridized carbons (Fsp3) is 0.185. The Morgan fingerprint density at radius 3 is 2.34 bits per heavy atom. The fourth-order valence-electron chi connectivity index (χ4n) is 3.85. The Hall–Kier alpha value is -3.91. The predicted molar refractivity (Wildman–Crippen MR) is 136 cm³/mol. The van der Waals surface area contributed by atoms with Gasteiger partial charge in [-0.05, 0) is 67.4 Å². The molecule has 1 heterocycles. The molecular weight excluding hydrogens is 464 g/mol. The fourth-order valence-corrected chi connectivity index (χ4v) is 5.21. The molecule has 0 bridgehead atoms. The van der Waals surface area contributed by atoms with Crippen molar-refractivity contribution in [1.82, 2.24) is 4.57 Å². The minimum Gasteiger partial charge on any atom is -0.494 e. The number of nitrogens with one attached hydrogen (secondary N) is 1. The number of benzene rings is 3. The summed E-state index contributed by atoms with van der Waals surface area (Å²) in [5.41, 5.74) is 1.41. The molecule has 4 aromatic rings. The van der Waals surface area contributed by atoms with Crippen LogP contribution in [0.25, 0.3) is 10.9 Å². The molecule has 0 aliphatic rings. The third kappa shape index (κ3) is 5.12. The Labute approximate surface area is 203 Å². The SMILES string of the molecule is CCOc1ccc(S(=O)(=O)c2cn(CC(=O)Nc3ccccc3)c3ccc(CC)cc3c2=O)cc1. The van der Waals surface area contributed by atoms with Crippen LogP contribution in [-0.2, 0) is 27.6 Å². The van der Waals surface area contributed by atoms with E-state index in [1.165, 1.54) is 22.9 Å². The average molecular weight is 491 g/mol. The predicted octanol–water partition coefficient (Wildman–Crippen LogP) is 4.43. The molecule has 3 aromatic carbocycles. The molecule has 0 aliphatic carbocycles. The van der Waals surface area contributed by atoms with Crippen molar-refractivity contribution in [3.8, 4) is 5.75 Å². The number of carbonyl (C=O) groups excluding carboxylic acids is 1. The van der Waals surface area contributed by atoms with Gasteiger partial charge in [-0.25, -0.2) is 8.42 Å². The molecule has 4 rings (SSSR count). The monoisotopic (exact) mass is 490 g/mol. The van der Waals surface area contributed by atoms with Gasteiger partial charge in [-0.3, -0.25) is 9.59 Å². The normalized spacial score (nSPS) is 11.4. The lowest BCUT2D eigenvalue weighted by Gasteiger charge is -2.15. The van der Waals surface area contributed by atoms with Crippen LogP contribution >= 0.6 is 0 Å². The lowest BCUT2D eigenvalue weighted by atomic mass is 10.1. The first-order valence-electron chi connectivity index (χ1n) is 11.3. The summed E-state index contributed by atoms with van der Waals surface area (Å²) < 4.78 is 33.9. The van der Waals surface area contributed by atoms with E-state index in [-0.39, 0.29) is 27.6 Å². The Balaban J connectivity index is 1.82. The van der Waals surface area contributed by atoms with Gasteiger partial charge in [0.05, 0.1) is 17.0 Å². The topological polar surface area (TPSA) is 94.5 Å². The first-order valence-corrected chi connectivity index (χ1v) is 12.8. The smallest absolute Gasteiger partial charge is 0.244 e. The Morgan fingerprint density at radius 2 is 1.69 bits per heavy atom. The highest BCUT2D eigenvalue weighted by molar-refractivity contribution is 7.91. The molecule has 0 radical (unpaired) electrons. The molecule has 0 saturated carbocycles. The van der Waals surface area contributed by atoms with Crippen LogP contribution < -0.4 is 15.5 Å². The number of ether oxygens (including phenoxy) is 1. The first-order chi connectivity index (χ1) is 16.8. The molecule has 0 spiro atoms. The summed E-state index contributed by atoms with van der Waals surface area (Å²) in [5.74, 6) is 0.192. The van der Waals surface area contributed by atoms with E-state index < -0.39 is 15.3 Å². The van der Waals surface area contributed by atoms with Gasteiger partial charge in [0.15, 0.2) is 0 Å². The second kappa shape index (κ2) is 10.1. The van der Waals surface area contributed by atoms with Crippen molar-refractivity contribution in [2.24, 2.45) is 0 Å². The van der Waals surface area contributed by atoms with Crippen LogP contribution in [0, 0.1) is 0 Å². The number of sulfone groups is 1. The van der Waals surface area contributed by atoms with Crippen LogP contribution in [0.15, 0.2) is 93.6 Å². The number of hydrogen-bond acceptors (Lipinski definition) is 5. The number of fused-ring (bicyclic) bond motifs is 1. The third-order valence-electron chi connectivity index (χ3n) is 5.63. The number of para-hydroxylation sites is 1. The number of rotatable bonds is 8. The number of amides is 1. The number of carbonyl (C=O) groups is 1. The molecule has 180 valence electrons. The molecule has 0 saturated heterocycles. The van der Waals surface area contributed by atoms with Gasteiger partial charge >= 0.3 is 0 Å². The van der Waals surface area contributed by atoms with Crippen molar-refractivity contribution in [1.29, 1.82) is 0 Å². The van der Waals surface area contributed by atoms with Crippen molar-refractivity contribution in [3.63, 3.8) is 0 Å². The lowest BCUT2D eigenvalue weighted by molar-refractivity contribution is -0.116. The van der Waals surface area contributed by atoms with Crippen LogP contribution in [0.5, 0.6) is 5.75 Å². The standard InChI is InChI=1S/C27H26N2O5S/c1-3-19-10-15-24-23(16-19)27(31)25(35(32,33)22-13-11-21(12-14-22)34-4-2)17-29(24)18-26(30)28-20-8-6-5-7-9-20/h5-17H,3-4,18H2,1-2H3,(H,28,30). The Morgan fingerprint density at radius 1 is 0.971 bits per heavy atom. The molecule has 35 heavy (non-hydrogen) atoms. The van der Waals surface area contributed by atoms with Crippen molar-refractivity contribution < 1.29 is 17.9 Å². The summed E-state index contributed by atoms with van der Waals surface area (Å²) in [6.45, 7) is 4.07. The number of anilines is 1. The lowest BCUT2D eigenvalue weighted by Crippen LogP contribution is -2.24. The van der Waals surface area contributed by atoms with E-state index in [0.29, 0.717) is 30.0 Å². The summed E-state index contributed by atoms with van der Waals surface area (Å²) >= 11 is 0. The number of hydrogen-bond donors (Lipinski definition) is 1. The molecule has 7 nitrogen and oxygen atoms in total. The van der Waals surface area contributed by atoms with E-state index in [1.807, 2.05) is 26.0 Å². The maximum absolute atomic E-state index is 13.5. The van der Waals surface area contributed by atoms with Crippen molar-refractivity contribution in [3.05, 3.63) is 94.8 Å². The van der Waals surface area contributed by atoms with E-state index >= 15 is 0 Å². The third-order valence-corrected chi connectivity index (χ3v) is 7.39. The highest BCUT2D eigenvalue weighted by atomic mass is 32.2. The molecule has 1 aromatic heterocycles. The molecule has 0 unspecified atom stereocenters. The van der Waals surface area contributed by atoms with Crippen molar-refractivity contribution in [2.45, 2.75) is 36.6 Å². The number of aryl methyl sites for hydroxylation is 1. The summed E-state index contributed by atoms with van der Waals surface area (Å²) in [6, 6.07) is 20.2. The zero-order valence-corrected chi connectivity index (χ0v) is 20.3. The van der Waals surface area contributed by atoms with Gasteiger partial charge in [0.25, 0.3) is 0 Å². The van der Waals surface area contributed by atoms with E-state index in [9.17, 15) is 18.0 Å². The number of pyridine rings is 1. The zero-order valence-electron chi connectivity index (χ0n) is 19.5. The van der Waals surface area contributed by atoms with E-state index in [2.05, 4.69) is 5.32 Å². The minimum atomic E-state index is -4.15. The van der Waals surface area contributed by atoms with Crippen molar-refractivity contribution >= 4 is 32.3 Å². The van der Waals surface area contributed by atoms with Crippen LogP contribution in [0.2, 0.25) is 0 Å². The van der Waals surface area contributed by atoms with Crippen LogP contribution in [0.4, 0.5) is 5.69 Å². The van der Waals surface area contributed by atoms with E-state index in [0.717, 1.165) is 5.56 Å². The molecule has 1 N–H and O–H groups in total. The van der Waals surface area contributed by atoms with Crippen LogP contribution in [0.1, 0.15) is 19.4 Å². The van der Waals surface area contributed by atoms with Gasteiger partial charge in [-0.1, -0.05) is 31.2 Å². The van der Waals surface area contributed by atoms with Gasteiger partial charge in [0, 0.05) is 17.3 Å². The van der Waals surface area contributed by atoms with Gasteiger partial charge in [-0.15, -0.1) is 0 Å². The molecule has 8 heteroatoms. The maximum Gasteiger partial charge on any atom is 0.244 e. The Kier molecular flexibility index (Phi) is 7.02. The molecule has 0 fully saturated rings. The highest BCUT2D eigenvalue weighted by Crippen LogP contribution is 2.24. The van der Waals surface area contributed by atoms with E-state index in [4.69, 9.17) is 4.74 Å². The number of nitrogens with zero attached hydrogens (tertiary/aromatic N) is 1. The Bertz CT molecular complexity index is 1530. The zero-order chi connectivity index (χ0) is 25.0. The number of aromatic nitrogens is 1. The van der Waals surface area contributed by atoms with Gasteiger partial charge in [0.2, 0.25) is 21.2 Å². The average Bonchev–Trinajstić information content (AvgIpc) is 2.86. The largest absolute Gasteiger partial charge is 0.494 e. The summed E-state index contributed by atoms with van der Waals surface area (Å²) in [5, 5.41) is 3.05. The second-order valence-electron chi connectivity index (χ2n) is 7.98. The van der Waals surface area contributed by atoms with Crippen molar-refractivity contribution in [2.75, 3.05) is 11.9 Å². The summed E-state index contributed by atoms with van der Waals surface area (Å²) in [4.78, 5) is 25.8. The summed E-state index contributed by atoms with van der Waals surface area (Å²) in [7, 11) is -4.15. The van der Waals surface area contributed by atoms with Gasteiger partial charge < -0.3 is 14.6 Å². The second-order valence-corrected chi connectivity index (χ2v) is 9.90. The molecule has 1 amide bonds. The molecular formula is C27H26N2O5S. The quantitative estimate of drug-likeness (QED) is 0.394. The van der Waals surface area contributed by atoms with Crippen LogP contribution in [0.3, 0.4) is 0 Å². The van der Waals surface area contributed by atoms with Crippen LogP contribution in [-0.4, -0.2) is 25.5 Å². The van der Waals surface area contributed by atoms with Gasteiger partial charge in [-0.2, -0.15) is 0 Å². The minimum absolute atomic E-state index is 0.0238. The van der Waals surface area contributed by atoms with E-state index in [1.54, 1.807) is 48.5 Å². The summed E-state index contributed by atoms with van der Waals surface area (Å²) in [6.07, 6.45) is 1.94. The van der Waals surface area contributed by atoms with Gasteiger partial charge in [0.1, 0.15) is 17.2 Å². The molecule has 0 aliphatic heterocycles. The molecule has 0 atom stereocenters. The first kappa shape index (κ1) is 24.2.